The van der Waals surface area contributed by atoms with Gasteiger partial charge in [-0.3, -0.25) is 0 Å². The highest BCUT2D eigenvalue weighted by atomic mass is 16.5. The van der Waals surface area contributed by atoms with Crippen molar-refractivity contribution in [2.45, 2.75) is 45.6 Å². The first-order valence-electron chi connectivity index (χ1n) is 7.14. The SMILES string of the molecule is CC(C)COCCCNC1CCCc2occc21. The maximum absolute atomic E-state index is 5.58. The lowest BCUT2D eigenvalue weighted by Crippen LogP contribution is -2.26. The Morgan fingerprint density at radius 1 is 1.50 bits per heavy atom. The average Bonchev–Trinajstić information content (AvgIpc) is 2.82. The second-order valence-electron chi connectivity index (χ2n) is 5.52. The van der Waals surface area contributed by atoms with Gasteiger partial charge >= 0.3 is 0 Å². The monoisotopic (exact) mass is 251 g/mol. The molecule has 0 aromatic carbocycles. The van der Waals surface area contributed by atoms with Crippen molar-refractivity contribution in [3.63, 3.8) is 0 Å². The van der Waals surface area contributed by atoms with Gasteiger partial charge in [-0.2, -0.15) is 0 Å². The van der Waals surface area contributed by atoms with Crippen LogP contribution in [-0.2, 0) is 11.2 Å². The fourth-order valence-corrected chi connectivity index (χ4v) is 2.47. The average molecular weight is 251 g/mol. The molecule has 3 nitrogen and oxygen atoms in total. The summed E-state index contributed by atoms with van der Waals surface area (Å²) in [6.07, 6.45) is 6.44. The van der Waals surface area contributed by atoms with Crippen LogP contribution >= 0.6 is 0 Å². The summed E-state index contributed by atoms with van der Waals surface area (Å²) in [5.74, 6) is 1.81. The lowest BCUT2D eigenvalue weighted by atomic mass is 9.93. The fraction of sp³-hybridized carbons (Fsp3) is 0.733. The maximum atomic E-state index is 5.58. The summed E-state index contributed by atoms with van der Waals surface area (Å²) >= 11 is 0. The van der Waals surface area contributed by atoms with Crippen molar-refractivity contribution in [3.8, 4) is 0 Å². The van der Waals surface area contributed by atoms with E-state index in [1.807, 2.05) is 6.26 Å². The van der Waals surface area contributed by atoms with Gasteiger partial charge in [0.2, 0.25) is 0 Å². The van der Waals surface area contributed by atoms with E-state index in [4.69, 9.17) is 9.15 Å². The Bertz CT molecular complexity index is 346. The van der Waals surface area contributed by atoms with E-state index in [1.54, 1.807) is 0 Å². The summed E-state index contributed by atoms with van der Waals surface area (Å²) in [5, 5.41) is 3.61. The van der Waals surface area contributed by atoms with Crippen molar-refractivity contribution in [2.24, 2.45) is 5.92 Å². The highest BCUT2D eigenvalue weighted by molar-refractivity contribution is 5.23. The molecule has 1 aromatic rings. The highest BCUT2D eigenvalue weighted by Gasteiger charge is 2.21. The molecule has 0 bridgehead atoms. The molecule has 0 amide bonds. The van der Waals surface area contributed by atoms with E-state index in [0.29, 0.717) is 12.0 Å². The molecule has 0 aliphatic heterocycles. The lowest BCUT2D eigenvalue weighted by Gasteiger charge is -2.22. The van der Waals surface area contributed by atoms with Gasteiger partial charge in [0, 0.05) is 31.2 Å². The van der Waals surface area contributed by atoms with Crippen molar-refractivity contribution in [1.82, 2.24) is 5.32 Å². The Hall–Kier alpha value is -0.800. The Morgan fingerprint density at radius 3 is 3.22 bits per heavy atom. The third kappa shape index (κ3) is 3.85. The normalized spacial score (nSPS) is 19.2. The van der Waals surface area contributed by atoms with Crippen molar-refractivity contribution < 1.29 is 9.15 Å². The molecule has 1 aliphatic carbocycles. The van der Waals surface area contributed by atoms with E-state index >= 15 is 0 Å². The molecule has 0 saturated heterocycles. The predicted molar refractivity (Wildman–Crippen MR) is 72.7 cm³/mol. The number of rotatable bonds is 7. The molecule has 1 N–H and O–H groups in total. The van der Waals surface area contributed by atoms with Gasteiger partial charge in [-0.15, -0.1) is 0 Å². The molecule has 1 aromatic heterocycles. The summed E-state index contributed by atoms with van der Waals surface area (Å²) in [5.41, 5.74) is 1.37. The minimum atomic E-state index is 0.484. The molecular formula is C15H25NO2. The highest BCUT2D eigenvalue weighted by Crippen LogP contribution is 2.30. The minimum Gasteiger partial charge on any atom is -0.469 e. The number of aryl methyl sites for hydroxylation is 1. The topological polar surface area (TPSA) is 34.4 Å². The largest absolute Gasteiger partial charge is 0.469 e. The zero-order valence-corrected chi connectivity index (χ0v) is 11.6. The summed E-state index contributed by atoms with van der Waals surface area (Å²) in [6.45, 7) is 7.11. The number of ether oxygens (including phenoxy) is 1. The number of fused-ring (bicyclic) bond motifs is 1. The fourth-order valence-electron chi connectivity index (χ4n) is 2.47. The summed E-state index contributed by atoms with van der Waals surface area (Å²) in [7, 11) is 0. The molecule has 0 fully saturated rings. The zero-order chi connectivity index (χ0) is 12.8. The minimum absolute atomic E-state index is 0.484. The van der Waals surface area contributed by atoms with E-state index < -0.39 is 0 Å². The quantitative estimate of drug-likeness (QED) is 0.755. The molecular weight excluding hydrogens is 226 g/mol. The van der Waals surface area contributed by atoms with Crippen molar-refractivity contribution in [2.75, 3.05) is 19.8 Å². The van der Waals surface area contributed by atoms with E-state index in [2.05, 4.69) is 25.2 Å². The molecule has 0 saturated carbocycles. The number of hydrogen-bond acceptors (Lipinski definition) is 3. The van der Waals surface area contributed by atoms with Crippen LogP contribution in [0.25, 0.3) is 0 Å². The first kappa shape index (κ1) is 13.6. The summed E-state index contributed by atoms with van der Waals surface area (Å²) in [6, 6.07) is 2.60. The zero-order valence-electron chi connectivity index (χ0n) is 11.6. The molecule has 0 spiro atoms. The smallest absolute Gasteiger partial charge is 0.108 e. The number of furan rings is 1. The molecule has 1 heterocycles. The van der Waals surface area contributed by atoms with Gasteiger partial charge in [0.25, 0.3) is 0 Å². The van der Waals surface area contributed by atoms with Crippen LogP contribution < -0.4 is 5.32 Å². The van der Waals surface area contributed by atoms with Crippen LogP contribution in [0.4, 0.5) is 0 Å². The molecule has 1 unspecified atom stereocenters. The van der Waals surface area contributed by atoms with Crippen LogP contribution in [-0.4, -0.2) is 19.8 Å². The third-order valence-corrected chi connectivity index (χ3v) is 3.36. The second kappa shape index (κ2) is 6.95. The Balaban J connectivity index is 1.63. The van der Waals surface area contributed by atoms with E-state index in [1.165, 1.54) is 24.2 Å². The van der Waals surface area contributed by atoms with Crippen LogP contribution in [0, 0.1) is 5.92 Å². The summed E-state index contributed by atoms with van der Waals surface area (Å²) in [4.78, 5) is 0. The van der Waals surface area contributed by atoms with Crippen molar-refractivity contribution >= 4 is 0 Å². The van der Waals surface area contributed by atoms with Gasteiger partial charge in [0.05, 0.1) is 6.26 Å². The molecule has 2 rings (SSSR count). The maximum Gasteiger partial charge on any atom is 0.108 e. The van der Waals surface area contributed by atoms with Gasteiger partial charge in [-0.1, -0.05) is 13.8 Å². The van der Waals surface area contributed by atoms with Crippen LogP contribution in [0.2, 0.25) is 0 Å². The first-order chi connectivity index (χ1) is 8.77. The number of hydrogen-bond donors (Lipinski definition) is 1. The molecule has 102 valence electrons. The Labute approximate surface area is 110 Å². The third-order valence-electron chi connectivity index (χ3n) is 3.36. The van der Waals surface area contributed by atoms with Gasteiger partial charge in [-0.25, -0.2) is 0 Å². The van der Waals surface area contributed by atoms with Crippen LogP contribution in [0.3, 0.4) is 0 Å². The lowest BCUT2D eigenvalue weighted by molar-refractivity contribution is 0.107. The van der Waals surface area contributed by atoms with Gasteiger partial charge < -0.3 is 14.5 Å². The van der Waals surface area contributed by atoms with Crippen LogP contribution in [0.1, 0.15) is 50.5 Å². The summed E-state index contributed by atoms with van der Waals surface area (Å²) < 4.78 is 11.1. The van der Waals surface area contributed by atoms with Gasteiger partial charge in [0.15, 0.2) is 0 Å². The van der Waals surface area contributed by atoms with Crippen LogP contribution in [0.5, 0.6) is 0 Å². The van der Waals surface area contributed by atoms with Crippen LogP contribution in [0.15, 0.2) is 16.7 Å². The van der Waals surface area contributed by atoms with E-state index in [9.17, 15) is 0 Å². The molecule has 1 aliphatic rings. The molecule has 0 radical (unpaired) electrons. The van der Waals surface area contributed by atoms with Crippen molar-refractivity contribution in [3.05, 3.63) is 23.7 Å². The standard InChI is InChI=1S/C15H25NO2/c1-12(2)11-17-9-4-8-16-14-5-3-6-15-13(14)7-10-18-15/h7,10,12,14,16H,3-6,8-9,11H2,1-2H3. The first-order valence-corrected chi connectivity index (χ1v) is 7.14. The van der Waals surface area contributed by atoms with Gasteiger partial charge in [-0.05, 0) is 37.8 Å². The van der Waals surface area contributed by atoms with Crippen molar-refractivity contribution in [1.29, 1.82) is 0 Å². The van der Waals surface area contributed by atoms with E-state index in [-0.39, 0.29) is 0 Å². The number of nitrogens with one attached hydrogen (secondary N) is 1. The Kier molecular flexibility index (Phi) is 5.26. The predicted octanol–water partition coefficient (Wildman–Crippen LogP) is 3.31. The Morgan fingerprint density at radius 2 is 2.39 bits per heavy atom. The molecule has 3 heteroatoms. The second-order valence-corrected chi connectivity index (χ2v) is 5.52. The van der Waals surface area contributed by atoms with E-state index in [0.717, 1.165) is 32.6 Å². The molecule has 1 atom stereocenters. The molecule has 18 heavy (non-hydrogen) atoms. The van der Waals surface area contributed by atoms with Gasteiger partial charge in [0.1, 0.15) is 5.76 Å².